The first-order valence-electron chi connectivity index (χ1n) is 8.63. The number of likely N-dealkylation sites (N-methyl/N-ethyl adjacent to an activating group) is 1. The molecule has 2 rings (SSSR count). The van der Waals surface area contributed by atoms with Crippen molar-refractivity contribution in [3.05, 3.63) is 35.4 Å². The molecule has 23 heavy (non-hydrogen) atoms. The number of benzene rings is 1. The van der Waals surface area contributed by atoms with Gasteiger partial charge in [-0.2, -0.15) is 5.26 Å². The average Bonchev–Trinajstić information content (AvgIpc) is 2.59. The minimum absolute atomic E-state index is 0.0201. The molecule has 0 heterocycles. The van der Waals surface area contributed by atoms with Crippen LogP contribution in [0, 0.1) is 17.2 Å². The van der Waals surface area contributed by atoms with E-state index in [1.54, 1.807) is 0 Å². The van der Waals surface area contributed by atoms with Gasteiger partial charge >= 0.3 is 0 Å². The van der Waals surface area contributed by atoms with Gasteiger partial charge in [-0.1, -0.05) is 31.2 Å². The minimum atomic E-state index is -0.519. The predicted molar refractivity (Wildman–Crippen MR) is 91.0 cm³/mol. The van der Waals surface area contributed by atoms with Crippen molar-refractivity contribution in [1.29, 1.82) is 5.26 Å². The van der Waals surface area contributed by atoms with Gasteiger partial charge in [-0.05, 0) is 43.9 Å². The number of hydrogen-bond acceptors (Lipinski definition) is 4. The van der Waals surface area contributed by atoms with Crippen LogP contribution in [0.3, 0.4) is 0 Å². The predicted octanol–water partition coefficient (Wildman–Crippen LogP) is 2.92. The number of fused-ring (bicyclic) bond motifs is 1. The van der Waals surface area contributed by atoms with Gasteiger partial charge in [0.2, 0.25) is 0 Å². The van der Waals surface area contributed by atoms with Gasteiger partial charge in [0, 0.05) is 13.1 Å². The third-order valence-electron chi connectivity index (χ3n) is 4.47. The lowest BCUT2D eigenvalue weighted by Gasteiger charge is -2.28. The van der Waals surface area contributed by atoms with E-state index in [-0.39, 0.29) is 12.0 Å². The van der Waals surface area contributed by atoms with E-state index in [4.69, 9.17) is 10.00 Å². The lowest BCUT2D eigenvalue weighted by atomic mass is 9.89. The summed E-state index contributed by atoms with van der Waals surface area (Å²) in [6, 6.07) is 10.7. The Kier molecular flexibility index (Phi) is 7.04. The minimum Gasteiger partial charge on any atom is -0.389 e. The maximum Gasteiger partial charge on any atom is 0.0900 e. The van der Waals surface area contributed by atoms with Crippen molar-refractivity contribution < 1.29 is 9.84 Å². The number of ether oxygens (including phenoxy) is 1. The smallest absolute Gasteiger partial charge is 0.0900 e. The fourth-order valence-corrected chi connectivity index (χ4v) is 3.22. The van der Waals surface area contributed by atoms with Gasteiger partial charge in [0.25, 0.3) is 0 Å². The van der Waals surface area contributed by atoms with Crippen LogP contribution in [0.1, 0.15) is 43.9 Å². The van der Waals surface area contributed by atoms with Crippen molar-refractivity contribution in [2.24, 2.45) is 5.92 Å². The average molecular weight is 316 g/mol. The van der Waals surface area contributed by atoms with E-state index in [1.165, 1.54) is 11.1 Å². The molecule has 0 radical (unpaired) electrons. The zero-order chi connectivity index (χ0) is 16.7. The largest absolute Gasteiger partial charge is 0.389 e. The van der Waals surface area contributed by atoms with Crippen molar-refractivity contribution in [1.82, 2.24) is 4.90 Å². The van der Waals surface area contributed by atoms with E-state index in [2.05, 4.69) is 42.2 Å². The zero-order valence-electron chi connectivity index (χ0n) is 14.2. The van der Waals surface area contributed by atoms with Gasteiger partial charge in [-0.15, -0.1) is 0 Å². The zero-order valence-corrected chi connectivity index (χ0v) is 14.2. The molecule has 3 atom stereocenters. The SMILES string of the molecule is CCN(CC(C)C#N)CC(O)COC1CCCc2ccccc21. The first kappa shape index (κ1) is 17.9. The molecule has 4 heteroatoms. The molecule has 1 aliphatic carbocycles. The van der Waals surface area contributed by atoms with Crippen LogP contribution >= 0.6 is 0 Å². The van der Waals surface area contributed by atoms with E-state index < -0.39 is 6.10 Å². The summed E-state index contributed by atoms with van der Waals surface area (Å²) < 4.78 is 6.01. The summed E-state index contributed by atoms with van der Waals surface area (Å²) in [5, 5.41) is 19.2. The molecule has 3 unspecified atom stereocenters. The fourth-order valence-electron chi connectivity index (χ4n) is 3.22. The highest BCUT2D eigenvalue weighted by Gasteiger charge is 2.22. The molecule has 0 saturated carbocycles. The van der Waals surface area contributed by atoms with E-state index in [1.807, 2.05) is 6.92 Å². The van der Waals surface area contributed by atoms with Crippen LogP contribution in [-0.2, 0) is 11.2 Å². The number of aliphatic hydroxyl groups excluding tert-OH is 1. The highest BCUT2D eigenvalue weighted by molar-refractivity contribution is 5.31. The second-order valence-electron chi connectivity index (χ2n) is 6.45. The maximum atomic E-state index is 10.3. The Bertz CT molecular complexity index is 526. The van der Waals surface area contributed by atoms with Crippen molar-refractivity contribution in [3.63, 3.8) is 0 Å². The van der Waals surface area contributed by atoms with Crippen LogP contribution in [0.2, 0.25) is 0 Å². The van der Waals surface area contributed by atoms with Crippen molar-refractivity contribution >= 4 is 0 Å². The Morgan fingerprint density at radius 1 is 1.39 bits per heavy atom. The van der Waals surface area contributed by atoms with Gasteiger partial charge in [0.1, 0.15) is 0 Å². The number of hydrogen-bond donors (Lipinski definition) is 1. The Balaban J connectivity index is 1.83. The molecule has 0 spiro atoms. The number of rotatable bonds is 8. The first-order valence-corrected chi connectivity index (χ1v) is 8.63. The van der Waals surface area contributed by atoms with Gasteiger partial charge in [0.15, 0.2) is 0 Å². The van der Waals surface area contributed by atoms with Gasteiger partial charge in [0.05, 0.1) is 30.8 Å². The molecule has 4 nitrogen and oxygen atoms in total. The number of nitrogens with zero attached hydrogens (tertiary/aromatic N) is 2. The lowest BCUT2D eigenvalue weighted by molar-refractivity contribution is -0.0282. The summed E-state index contributed by atoms with van der Waals surface area (Å²) in [6.45, 7) is 6.37. The molecular weight excluding hydrogens is 288 g/mol. The highest BCUT2D eigenvalue weighted by Crippen LogP contribution is 2.32. The fraction of sp³-hybridized carbons (Fsp3) is 0.632. The van der Waals surface area contributed by atoms with Crippen molar-refractivity contribution in [2.75, 3.05) is 26.2 Å². The Morgan fingerprint density at radius 2 is 2.17 bits per heavy atom. The molecule has 1 N–H and O–H groups in total. The summed E-state index contributed by atoms with van der Waals surface area (Å²) in [5.74, 6) is -0.0201. The molecule has 0 aliphatic heterocycles. The second kappa shape index (κ2) is 9.02. The van der Waals surface area contributed by atoms with Crippen molar-refractivity contribution in [2.45, 2.75) is 45.3 Å². The molecule has 0 saturated heterocycles. The number of nitriles is 1. The summed E-state index contributed by atoms with van der Waals surface area (Å²) in [7, 11) is 0. The topological polar surface area (TPSA) is 56.5 Å². The lowest BCUT2D eigenvalue weighted by Crippen LogP contribution is -2.37. The van der Waals surface area contributed by atoms with Crippen LogP contribution < -0.4 is 0 Å². The van der Waals surface area contributed by atoms with E-state index in [0.717, 1.165) is 25.8 Å². The first-order chi connectivity index (χ1) is 11.1. The van der Waals surface area contributed by atoms with Crippen LogP contribution in [0.5, 0.6) is 0 Å². The van der Waals surface area contributed by atoms with E-state index >= 15 is 0 Å². The second-order valence-corrected chi connectivity index (χ2v) is 6.45. The normalized spacial score (nSPS) is 19.9. The van der Waals surface area contributed by atoms with Crippen LogP contribution in [0.25, 0.3) is 0 Å². The summed E-state index contributed by atoms with van der Waals surface area (Å²) in [5.41, 5.74) is 2.65. The molecule has 1 aliphatic rings. The molecular formula is C19H28N2O2. The molecule has 0 amide bonds. The Morgan fingerprint density at radius 3 is 2.91 bits per heavy atom. The molecule has 0 bridgehead atoms. The van der Waals surface area contributed by atoms with Gasteiger partial charge < -0.3 is 9.84 Å². The molecule has 1 aromatic carbocycles. The quantitative estimate of drug-likeness (QED) is 0.801. The maximum absolute atomic E-state index is 10.3. The summed E-state index contributed by atoms with van der Waals surface area (Å²) in [4.78, 5) is 2.11. The molecule has 1 aromatic rings. The third kappa shape index (κ3) is 5.31. The van der Waals surface area contributed by atoms with Crippen molar-refractivity contribution in [3.8, 4) is 6.07 Å². The molecule has 0 fully saturated rings. The third-order valence-corrected chi connectivity index (χ3v) is 4.47. The Labute approximate surface area is 139 Å². The summed E-state index contributed by atoms with van der Waals surface area (Å²) >= 11 is 0. The Hall–Kier alpha value is -1.41. The van der Waals surface area contributed by atoms with E-state index in [0.29, 0.717) is 19.7 Å². The summed E-state index contributed by atoms with van der Waals surface area (Å²) in [6.07, 6.45) is 2.86. The molecule has 0 aromatic heterocycles. The van der Waals surface area contributed by atoms with E-state index in [9.17, 15) is 5.11 Å². The van der Waals surface area contributed by atoms with Crippen LogP contribution in [-0.4, -0.2) is 42.4 Å². The monoisotopic (exact) mass is 316 g/mol. The standard InChI is InChI=1S/C19H28N2O2/c1-3-21(12-15(2)11-20)13-17(22)14-23-19-10-6-8-16-7-4-5-9-18(16)19/h4-5,7,9,15,17,19,22H,3,6,8,10,12-14H2,1-2H3. The van der Waals surface area contributed by atoms with Crippen LogP contribution in [0.15, 0.2) is 24.3 Å². The van der Waals surface area contributed by atoms with Crippen LogP contribution in [0.4, 0.5) is 0 Å². The van der Waals surface area contributed by atoms with Gasteiger partial charge in [-0.3, -0.25) is 4.90 Å². The number of aryl methyl sites for hydroxylation is 1. The van der Waals surface area contributed by atoms with Gasteiger partial charge in [-0.25, -0.2) is 0 Å². The number of aliphatic hydroxyl groups is 1. The molecule has 126 valence electrons. The highest BCUT2D eigenvalue weighted by atomic mass is 16.5.